The fourth-order valence-corrected chi connectivity index (χ4v) is 2.10. The lowest BCUT2D eigenvalue weighted by molar-refractivity contribution is 0.102. The number of pyridine rings is 1. The van der Waals surface area contributed by atoms with Gasteiger partial charge >= 0.3 is 0 Å². The Morgan fingerprint density at radius 3 is 2.70 bits per heavy atom. The van der Waals surface area contributed by atoms with Crippen LogP contribution in [0.5, 0.6) is 5.75 Å². The minimum atomic E-state index is -0.280. The number of carbonyl (C=O) groups is 1. The van der Waals surface area contributed by atoms with Crippen molar-refractivity contribution in [2.75, 3.05) is 5.32 Å². The zero-order chi connectivity index (χ0) is 14.5. The van der Waals surface area contributed by atoms with Crippen LogP contribution in [-0.4, -0.2) is 17.0 Å². The first kappa shape index (κ1) is 14.5. The summed E-state index contributed by atoms with van der Waals surface area (Å²) in [4.78, 5) is 16.3. The molecule has 0 saturated carbocycles. The predicted octanol–water partition coefficient (Wildman–Crippen LogP) is 3.88. The van der Waals surface area contributed by atoms with Crippen LogP contribution in [-0.2, 0) is 0 Å². The molecule has 104 valence electrons. The van der Waals surface area contributed by atoms with Crippen molar-refractivity contribution in [3.8, 4) is 5.75 Å². The number of ether oxygens (including phenoxy) is 1. The summed E-state index contributed by atoms with van der Waals surface area (Å²) in [5.74, 6) is 0.361. The van der Waals surface area contributed by atoms with Gasteiger partial charge < -0.3 is 10.1 Å². The van der Waals surface area contributed by atoms with E-state index in [0.717, 1.165) is 0 Å². The third-order valence-electron chi connectivity index (χ3n) is 2.47. The number of halogens is 1. The van der Waals surface area contributed by atoms with E-state index in [1.54, 1.807) is 24.4 Å². The molecule has 0 aliphatic carbocycles. The molecule has 0 aliphatic rings. The molecule has 1 N–H and O–H groups in total. The van der Waals surface area contributed by atoms with Crippen molar-refractivity contribution < 1.29 is 9.53 Å². The van der Waals surface area contributed by atoms with Gasteiger partial charge in [0.15, 0.2) is 0 Å². The number of carbonyl (C=O) groups excluding carboxylic acids is 1. The maximum atomic E-state index is 12.2. The summed E-state index contributed by atoms with van der Waals surface area (Å²) in [6.07, 6.45) is 1.62. The highest BCUT2D eigenvalue weighted by atomic mass is 79.9. The van der Waals surface area contributed by atoms with Gasteiger partial charge in [0.1, 0.15) is 11.4 Å². The van der Waals surface area contributed by atoms with E-state index >= 15 is 0 Å². The van der Waals surface area contributed by atoms with Crippen LogP contribution in [0.15, 0.2) is 47.1 Å². The number of amides is 1. The second-order valence-electron chi connectivity index (χ2n) is 4.45. The van der Waals surface area contributed by atoms with Gasteiger partial charge in [0.05, 0.1) is 11.8 Å². The zero-order valence-electron chi connectivity index (χ0n) is 11.3. The van der Waals surface area contributed by atoms with Crippen LogP contribution >= 0.6 is 15.9 Å². The van der Waals surface area contributed by atoms with Gasteiger partial charge in [0.25, 0.3) is 5.91 Å². The van der Waals surface area contributed by atoms with Crippen LogP contribution in [0.25, 0.3) is 0 Å². The van der Waals surface area contributed by atoms with Gasteiger partial charge in [0.2, 0.25) is 0 Å². The van der Waals surface area contributed by atoms with E-state index < -0.39 is 0 Å². The normalized spacial score (nSPS) is 10.4. The highest BCUT2D eigenvalue weighted by Crippen LogP contribution is 2.26. The molecule has 1 aromatic carbocycles. The third-order valence-corrected chi connectivity index (χ3v) is 3.11. The van der Waals surface area contributed by atoms with E-state index in [-0.39, 0.29) is 12.0 Å². The van der Waals surface area contributed by atoms with Gasteiger partial charge in [-0.3, -0.25) is 4.79 Å². The van der Waals surface area contributed by atoms with E-state index in [9.17, 15) is 4.79 Å². The maximum Gasteiger partial charge on any atom is 0.275 e. The van der Waals surface area contributed by atoms with Crippen molar-refractivity contribution in [1.29, 1.82) is 0 Å². The molecule has 0 fully saturated rings. The topological polar surface area (TPSA) is 51.2 Å². The largest absolute Gasteiger partial charge is 0.489 e. The summed E-state index contributed by atoms with van der Waals surface area (Å²) in [6.45, 7) is 3.88. The molecule has 2 rings (SSSR count). The third kappa shape index (κ3) is 3.57. The number of anilines is 1. The Hall–Kier alpha value is -1.88. The smallest absolute Gasteiger partial charge is 0.275 e. The van der Waals surface area contributed by atoms with E-state index in [1.807, 2.05) is 32.0 Å². The second-order valence-corrected chi connectivity index (χ2v) is 5.31. The molecule has 4 nitrogen and oxygen atoms in total. The molecule has 0 unspecified atom stereocenters. The van der Waals surface area contributed by atoms with Gasteiger partial charge in [-0.2, -0.15) is 0 Å². The van der Waals surface area contributed by atoms with Crippen molar-refractivity contribution in [3.63, 3.8) is 0 Å². The summed E-state index contributed by atoms with van der Waals surface area (Å²) < 4.78 is 6.32. The van der Waals surface area contributed by atoms with Crippen LogP contribution in [0.2, 0.25) is 0 Å². The lowest BCUT2D eigenvalue weighted by Gasteiger charge is -2.14. The summed E-state index contributed by atoms with van der Waals surface area (Å²) in [5.41, 5.74) is 0.968. The van der Waals surface area contributed by atoms with E-state index in [2.05, 4.69) is 26.2 Å². The van der Waals surface area contributed by atoms with Crippen molar-refractivity contribution in [2.24, 2.45) is 0 Å². The van der Waals surface area contributed by atoms with Crippen molar-refractivity contribution in [2.45, 2.75) is 20.0 Å². The standard InChI is InChI=1S/C15H15BrN2O2/c1-10(2)20-13-8-4-3-7-12(13)18-15(19)14-11(16)6-5-9-17-14/h3-10H,1-2H3,(H,18,19). The molecule has 20 heavy (non-hydrogen) atoms. The molecule has 1 aromatic heterocycles. The molecular weight excluding hydrogens is 320 g/mol. The van der Waals surface area contributed by atoms with Crippen LogP contribution in [0.1, 0.15) is 24.3 Å². The lowest BCUT2D eigenvalue weighted by Crippen LogP contribution is -2.16. The number of benzene rings is 1. The molecule has 1 amide bonds. The Balaban J connectivity index is 2.22. The van der Waals surface area contributed by atoms with Crippen LogP contribution in [0.4, 0.5) is 5.69 Å². The monoisotopic (exact) mass is 334 g/mol. The number of nitrogens with zero attached hydrogens (tertiary/aromatic N) is 1. The zero-order valence-corrected chi connectivity index (χ0v) is 12.8. The fourth-order valence-electron chi connectivity index (χ4n) is 1.66. The maximum absolute atomic E-state index is 12.2. The van der Waals surface area contributed by atoms with Crippen molar-refractivity contribution in [3.05, 3.63) is 52.8 Å². The Labute approximate surface area is 126 Å². The molecule has 0 spiro atoms. The van der Waals surface area contributed by atoms with Crippen molar-refractivity contribution in [1.82, 2.24) is 4.98 Å². The van der Waals surface area contributed by atoms with Gasteiger partial charge in [0, 0.05) is 10.7 Å². The van der Waals surface area contributed by atoms with Gasteiger partial charge in [-0.1, -0.05) is 12.1 Å². The number of aromatic nitrogens is 1. The predicted molar refractivity (Wildman–Crippen MR) is 82.1 cm³/mol. The lowest BCUT2D eigenvalue weighted by atomic mass is 10.2. The number of nitrogens with one attached hydrogen (secondary N) is 1. The Morgan fingerprint density at radius 1 is 1.25 bits per heavy atom. The number of para-hydroxylation sites is 2. The highest BCUT2D eigenvalue weighted by Gasteiger charge is 2.14. The van der Waals surface area contributed by atoms with E-state index in [4.69, 9.17) is 4.74 Å². The van der Waals surface area contributed by atoms with E-state index in [0.29, 0.717) is 21.6 Å². The van der Waals surface area contributed by atoms with Gasteiger partial charge in [-0.05, 0) is 54.0 Å². The fraction of sp³-hybridized carbons (Fsp3) is 0.200. The Kier molecular flexibility index (Phi) is 4.74. The molecular formula is C15H15BrN2O2. The molecule has 0 aliphatic heterocycles. The minimum Gasteiger partial charge on any atom is -0.489 e. The molecule has 0 radical (unpaired) electrons. The summed E-state index contributed by atoms with van der Waals surface area (Å²) in [7, 11) is 0. The number of rotatable bonds is 4. The first-order chi connectivity index (χ1) is 9.58. The number of hydrogen-bond acceptors (Lipinski definition) is 3. The highest BCUT2D eigenvalue weighted by molar-refractivity contribution is 9.10. The average Bonchev–Trinajstić information content (AvgIpc) is 2.41. The molecule has 1 heterocycles. The van der Waals surface area contributed by atoms with Crippen LogP contribution in [0.3, 0.4) is 0 Å². The molecule has 2 aromatic rings. The summed E-state index contributed by atoms with van der Waals surface area (Å²) in [6, 6.07) is 10.9. The first-order valence-corrected chi connectivity index (χ1v) is 7.05. The first-order valence-electron chi connectivity index (χ1n) is 6.25. The quantitative estimate of drug-likeness (QED) is 0.922. The summed E-state index contributed by atoms with van der Waals surface area (Å²) in [5, 5.41) is 2.82. The van der Waals surface area contributed by atoms with E-state index in [1.165, 1.54) is 0 Å². The van der Waals surface area contributed by atoms with Gasteiger partial charge in [-0.15, -0.1) is 0 Å². The molecule has 0 saturated heterocycles. The second kappa shape index (κ2) is 6.52. The average molecular weight is 335 g/mol. The Morgan fingerprint density at radius 2 is 2.00 bits per heavy atom. The summed E-state index contributed by atoms with van der Waals surface area (Å²) >= 11 is 3.31. The Bertz CT molecular complexity index is 614. The van der Waals surface area contributed by atoms with Crippen LogP contribution < -0.4 is 10.1 Å². The van der Waals surface area contributed by atoms with Crippen molar-refractivity contribution >= 4 is 27.5 Å². The molecule has 5 heteroatoms. The van der Waals surface area contributed by atoms with Crippen LogP contribution in [0, 0.1) is 0 Å². The minimum absolute atomic E-state index is 0.0367. The SMILES string of the molecule is CC(C)Oc1ccccc1NC(=O)c1ncccc1Br. The molecule has 0 bridgehead atoms. The van der Waals surface area contributed by atoms with Gasteiger partial charge in [-0.25, -0.2) is 4.98 Å². The number of hydrogen-bond donors (Lipinski definition) is 1. The molecule has 0 atom stereocenters.